The lowest BCUT2D eigenvalue weighted by Gasteiger charge is -2.25. The van der Waals surface area contributed by atoms with Crippen LogP contribution in [-0.4, -0.2) is 18.9 Å². The molecule has 0 aromatic heterocycles. The Balaban J connectivity index is 2.95. The molecule has 0 aliphatic carbocycles. The van der Waals surface area contributed by atoms with Crippen molar-refractivity contribution in [1.29, 1.82) is 0 Å². The second kappa shape index (κ2) is 6.65. The molecule has 0 saturated heterocycles. The zero-order chi connectivity index (χ0) is 15.4. The highest BCUT2D eigenvalue weighted by Gasteiger charge is 2.24. The van der Waals surface area contributed by atoms with Crippen molar-refractivity contribution in [2.45, 2.75) is 44.9 Å². The minimum Gasteiger partial charge on any atom is -0.389 e. The Morgan fingerprint density at radius 1 is 1.35 bits per heavy atom. The molecule has 0 unspecified atom stereocenters. The van der Waals surface area contributed by atoms with E-state index in [1.165, 1.54) is 0 Å². The molecule has 0 amide bonds. The third kappa shape index (κ3) is 5.19. The number of benzene rings is 1. The van der Waals surface area contributed by atoms with Gasteiger partial charge in [0.15, 0.2) is 0 Å². The molecule has 4 nitrogen and oxygen atoms in total. The van der Waals surface area contributed by atoms with Crippen molar-refractivity contribution in [3.63, 3.8) is 0 Å². The Kier molecular flexibility index (Phi) is 5.68. The molecule has 0 atom stereocenters. The summed E-state index contributed by atoms with van der Waals surface area (Å²) in [5.41, 5.74) is 6.41. The third-order valence-electron chi connectivity index (χ3n) is 2.94. The molecule has 112 valence electrons. The maximum absolute atomic E-state index is 12.3. The summed E-state index contributed by atoms with van der Waals surface area (Å²) in [6.45, 7) is 5.79. The van der Waals surface area contributed by atoms with Crippen molar-refractivity contribution < 1.29 is 8.42 Å². The molecule has 0 fully saturated rings. The van der Waals surface area contributed by atoms with Crippen LogP contribution in [0, 0.1) is 0 Å². The molecule has 0 aliphatic heterocycles. The fourth-order valence-corrected chi connectivity index (χ4v) is 4.10. The summed E-state index contributed by atoms with van der Waals surface area (Å²) in [5.74, 6) is -0.117. The van der Waals surface area contributed by atoms with Crippen LogP contribution in [0.2, 0.25) is 0 Å². The summed E-state index contributed by atoms with van der Waals surface area (Å²) in [6.07, 6.45) is 1.70. The second-order valence-electron chi connectivity index (χ2n) is 5.52. The Labute approximate surface area is 126 Å². The van der Waals surface area contributed by atoms with Gasteiger partial charge in [-0.15, -0.1) is 0 Å². The highest BCUT2D eigenvalue weighted by molar-refractivity contribution is 7.88. The summed E-state index contributed by atoms with van der Waals surface area (Å²) in [7, 11) is -3.44. The van der Waals surface area contributed by atoms with Gasteiger partial charge in [-0.1, -0.05) is 49.8 Å². The normalized spacial score (nSPS) is 12.3. The van der Waals surface area contributed by atoms with E-state index in [1.54, 1.807) is 24.3 Å². The SMILES string of the molecule is CCCC(C)(C)NS(=O)(=O)Cc1ccccc1C(N)=S. The van der Waals surface area contributed by atoms with Gasteiger partial charge in [-0.2, -0.15) is 0 Å². The lowest BCUT2D eigenvalue weighted by Crippen LogP contribution is -2.43. The molecule has 6 heteroatoms. The molecule has 0 radical (unpaired) electrons. The standard InChI is InChI=1S/C14H22N2O2S2/c1-4-9-14(2,3)16-20(17,18)10-11-7-5-6-8-12(11)13(15)19/h5-8,16H,4,9-10H2,1-3H3,(H2,15,19). The maximum atomic E-state index is 12.3. The van der Waals surface area contributed by atoms with Crippen LogP contribution in [0.15, 0.2) is 24.3 Å². The van der Waals surface area contributed by atoms with Crippen LogP contribution in [-0.2, 0) is 15.8 Å². The Morgan fingerprint density at radius 3 is 2.50 bits per heavy atom. The van der Waals surface area contributed by atoms with E-state index in [1.807, 2.05) is 20.8 Å². The van der Waals surface area contributed by atoms with Crippen molar-refractivity contribution in [2.24, 2.45) is 5.73 Å². The molecular formula is C14H22N2O2S2. The first kappa shape index (κ1) is 17.1. The molecule has 3 N–H and O–H groups in total. The molecule has 0 saturated carbocycles. The van der Waals surface area contributed by atoms with Crippen LogP contribution in [0.3, 0.4) is 0 Å². The van der Waals surface area contributed by atoms with E-state index in [0.717, 1.165) is 12.8 Å². The largest absolute Gasteiger partial charge is 0.389 e. The Morgan fingerprint density at radius 2 is 1.95 bits per heavy atom. The number of nitrogens with two attached hydrogens (primary N) is 1. The molecule has 0 spiro atoms. The topological polar surface area (TPSA) is 72.2 Å². The first-order valence-electron chi connectivity index (χ1n) is 6.56. The fraction of sp³-hybridized carbons (Fsp3) is 0.500. The molecule has 0 aliphatic rings. The fourth-order valence-electron chi connectivity index (χ4n) is 2.22. The van der Waals surface area contributed by atoms with Gasteiger partial charge >= 0.3 is 0 Å². The highest BCUT2D eigenvalue weighted by Crippen LogP contribution is 2.16. The van der Waals surface area contributed by atoms with Gasteiger partial charge in [0, 0.05) is 11.1 Å². The lowest BCUT2D eigenvalue weighted by molar-refractivity contribution is 0.417. The number of rotatable bonds is 7. The molecule has 0 bridgehead atoms. The number of sulfonamides is 1. The summed E-state index contributed by atoms with van der Waals surface area (Å²) in [4.78, 5) is 0.212. The zero-order valence-corrected chi connectivity index (χ0v) is 13.8. The van der Waals surface area contributed by atoms with Gasteiger partial charge in [0.2, 0.25) is 10.0 Å². The second-order valence-corrected chi connectivity index (χ2v) is 7.68. The van der Waals surface area contributed by atoms with Gasteiger partial charge in [-0.25, -0.2) is 13.1 Å². The van der Waals surface area contributed by atoms with E-state index < -0.39 is 15.6 Å². The van der Waals surface area contributed by atoms with E-state index >= 15 is 0 Å². The van der Waals surface area contributed by atoms with Crippen molar-refractivity contribution in [1.82, 2.24) is 4.72 Å². The molecular weight excluding hydrogens is 292 g/mol. The zero-order valence-electron chi connectivity index (χ0n) is 12.1. The van der Waals surface area contributed by atoms with Gasteiger partial charge in [0.25, 0.3) is 0 Å². The van der Waals surface area contributed by atoms with Gasteiger partial charge in [-0.3, -0.25) is 0 Å². The number of hydrogen-bond donors (Lipinski definition) is 2. The van der Waals surface area contributed by atoms with Crippen molar-refractivity contribution in [2.75, 3.05) is 0 Å². The molecule has 1 aromatic carbocycles. The molecule has 1 aromatic rings. The minimum atomic E-state index is -3.44. The van der Waals surface area contributed by atoms with Crippen molar-refractivity contribution >= 4 is 27.2 Å². The molecule has 20 heavy (non-hydrogen) atoms. The van der Waals surface area contributed by atoms with E-state index in [2.05, 4.69) is 4.72 Å². The van der Waals surface area contributed by atoms with Gasteiger partial charge < -0.3 is 5.73 Å². The van der Waals surface area contributed by atoms with Gasteiger partial charge in [-0.05, 0) is 25.8 Å². The van der Waals surface area contributed by atoms with Crippen LogP contribution in [0.25, 0.3) is 0 Å². The summed E-state index contributed by atoms with van der Waals surface area (Å²) >= 11 is 4.95. The summed E-state index contributed by atoms with van der Waals surface area (Å²) in [6, 6.07) is 7.05. The van der Waals surface area contributed by atoms with E-state index in [4.69, 9.17) is 18.0 Å². The van der Waals surface area contributed by atoms with Crippen LogP contribution >= 0.6 is 12.2 Å². The summed E-state index contributed by atoms with van der Waals surface area (Å²) in [5, 5.41) is 0. The van der Waals surface area contributed by atoms with Crippen LogP contribution < -0.4 is 10.5 Å². The maximum Gasteiger partial charge on any atom is 0.216 e. The quantitative estimate of drug-likeness (QED) is 0.758. The monoisotopic (exact) mass is 314 g/mol. The van der Waals surface area contributed by atoms with Crippen molar-refractivity contribution in [3.05, 3.63) is 35.4 Å². The number of thiocarbonyl (C=S) groups is 1. The average molecular weight is 314 g/mol. The first-order valence-corrected chi connectivity index (χ1v) is 8.62. The van der Waals surface area contributed by atoms with Crippen LogP contribution in [0.4, 0.5) is 0 Å². The first-order chi connectivity index (χ1) is 9.17. The van der Waals surface area contributed by atoms with Crippen molar-refractivity contribution in [3.8, 4) is 0 Å². The van der Waals surface area contributed by atoms with Crippen LogP contribution in [0.1, 0.15) is 44.7 Å². The predicted octanol–water partition coefficient (Wildman–Crippen LogP) is 2.32. The Bertz CT molecular complexity index is 581. The highest BCUT2D eigenvalue weighted by atomic mass is 32.2. The van der Waals surface area contributed by atoms with Crippen LogP contribution in [0.5, 0.6) is 0 Å². The lowest BCUT2D eigenvalue weighted by atomic mass is 10.0. The van der Waals surface area contributed by atoms with Gasteiger partial charge in [0.05, 0.1) is 5.75 Å². The number of nitrogens with one attached hydrogen (secondary N) is 1. The minimum absolute atomic E-state index is 0.117. The molecule has 0 heterocycles. The molecule has 1 rings (SSSR count). The average Bonchev–Trinajstić information content (AvgIpc) is 2.26. The van der Waals surface area contributed by atoms with E-state index in [0.29, 0.717) is 11.1 Å². The number of hydrogen-bond acceptors (Lipinski definition) is 3. The third-order valence-corrected chi connectivity index (χ3v) is 4.71. The van der Waals surface area contributed by atoms with E-state index in [-0.39, 0.29) is 10.7 Å². The van der Waals surface area contributed by atoms with Gasteiger partial charge in [0.1, 0.15) is 4.99 Å². The Hall–Kier alpha value is -0.980. The summed E-state index contributed by atoms with van der Waals surface area (Å²) < 4.78 is 27.3. The predicted molar refractivity (Wildman–Crippen MR) is 87.1 cm³/mol. The smallest absolute Gasteiger partial charge is 0.216 e. The van der Waals surface area contributed by atoms with E-state index in [9.17, 15) is 8.42 Å².